The number of carbonyl (C=O) groups is 2. The SMILES string of the molecule is CO[C@H]1/C=C\C[C@H](C)CS(=O)(NC(=O)c2cc3n(c2)CCc2c-3cnn2C)=NC(=O)c2ccc3c(c2)N(C[C@@H]2CC[C@H]21)C[C@@]1(CCCc2cc(Cl)ccc21)CO3. The molecular weight excluding hydrogens is 748 g/mol. The van der Waals surface area contributed by atoms with Gasteiger partial charge in [0.25, 0.3) is 11.8 Å². The first-order chi connectivity index (χ1) is 27.0. The van der Waals surface area contributed by atoms with E-state index in [9.17, 15) is 13.8 Å². The highest BCUT2D eigenvalue weighted by atomic mass is 35.5. The van der Waals surface area contributed by atoms with Crippen molar-refractivity contribution in [1.82, 2.24) is 19.1 Å². The van der Waals surface area contributed by atoms with E-state index in [1.165, 1.54) is 11.1 Å². The molecule has 9 rings (SSSR count). The van der Waals surface area contributed by atoms with Gasteiger partial charge in [0.2, 0.25) is 0 Å². The molecule has 1 fully saturated rings. The van der Waals surface area contributed by atoms with Gasteiger partial charge in [0, 0.05) is 73.7 Å². The van der Waals surface area contributed by atoms with Crippen molar-refractivity contribution >= 4 is 39.0 Å². The van der Waals surface area contributed by atoms with Crippen LogP contribution in [0.15, 0.2) is 71.4 Å². The van der Waals surface area contributed by atoms with Crippen LogP contribution in [0.2, 0.25) is 5.02 Å². The lowest BCUT2D eigenvalue weighted by Crippen LogP contribution is -2.49. The molecule has 1 saturated carbocycles. The van der Waals surface area contributed by atoms with Crippen molar-refractivity contribution in [3.8, 4) is 17.0 Å². The first kappa shape index (κ1) is 37.2. The molecule has 6 atom stereocenters. The second kappa shape index (κ2) is 14.5. The molecular formula is C43H49ClN6O5S. The standard InChI is InChI=1S/C43H49ClN6O5S/c1-27-6-4-8-39(54-3)33-12-9-30(33)22-50-25-43(16-5-7-28-18-32(44)11-13-35(28)43)26-55-40-14-10-29(19-38(40)50)41(51)46-56(53,24-27)47-42(52)31-20-37-34-21-45-48(2)36(34)15-17-49(37)23-31/h4,8,10-11,13-14,18-21,23,27,30,33,39H,5-7,9,12,15-17,22,24-26H2,1-3H3,(H,46,47,51,52,53)/b8-4-/t27-,30-,33+,39-,43-,56?/m0/s1. The number of aryl methyl sites for hydroxylation is 3. The molecule has 1 N–H and O–H groups in total. The van der Waals surface area contributed by atoms with E-state index in [1.54, 1.807) is 25.4 Å². The lowest BCUT2D eigenvalue weighted by molar-refractivity contribution is 0.0131. The van der Waals surface area contributed by atoms with Crippen molar-refractivity contribution < 1.29 is 23.3 Å². The van der Waals surface area contributed by atoms with E-state index in [0.29, 0.717) is 54.8 Å². The maximum atomic E-state index is 14.9. The topological polar surface area (TPSA) is 120 Å². The van der Waals surface area contributed by atoms with Crippen LogP contribution < -0.4 is 14.4 Å². The summed E-state index contributed by atoms with van der Waals surface area (Å²) in [6, 6.07) is 13.4. The van der Waals surface area contributed by atoms with Gasteiger partial charge < -0.3 is 18.9 Å². The normalized spacial score (nSPS) is 29.0. The van der Waals surface area contributed by atoms with Gasteiger partial charge >= 0.3 is 0 Å². The summed E-state index contributed by atoms with van der Waals surface area (Å²) < 4.78 is 38.6. The first-order valence-electron chi connectivity index (χ1n) is 19.8. The number of aromatic nitrogens is 3. The Balaban J connectivity index is 1.09. The average Bonchev–Trinajstić information content (AvgIpc) is 3.73. The van der Waals surface area contributed by atoms with E-state index in [4.69, 9.17) is 21.1 Å². The molecule has 0 saturated heterocycles. The number of fused-ring (bicyclic) bond motifs is 7. The zero-order chi connectivity index (χ0) is 38.8. The second-order valence-corrected chi connectivity index (χ2v) is 19.0. The summed E-state index contributed by atoms with van der Waals surface area (Å²) in [5.41, 5.74) is 6.71. The molecule has 294 valence electrons. The van der Waals surface area contributed by atoms with Gasteiger partial charge in [-0.1, -0.05) is 36.7 Å². The molecule has 2 amide bonds. The predicted octanol–water partition coefficient (Wildman–Crippen LogP) is 7.16. The molecule has 13 heteroatoms. The van der Waals surface area contributed by atoms with E-state index >= 15 is 0 Å². The Morgan fingerprint density at radius 2 is 2.02 bits per heavy atom. The fourth-order valence-electron chi connectivity index (χ4n) is 9.82. The van der Waals surface area contributed by atoms with Gasteiger partial charge in [0.1, 0.15) is 15.7 Å². The minimum Gasteiger partial charge on any atom is -0.490 e. The number of halogens is 1. The van der Waals surface area contributed by atoms with E-state index in [1.807, 2.05) is 47.6 Å². The number of nitrogens with zero attached hydrogens (tertiary/aromatic N) is 5. The molecule has 1 unspecified atom stereocenters. The second-order valence-electron chi connectivity index (χ2n) is 16.6. The van der Waals surface area contributed by atoms with Gasteiger partial charge in [0.05, 0.1) is 41.6 Å². The quantitative estimate of drug-likeness (QED) is 0.219. The van der Waals surface area contributed by atoms with Crippen molar-refractivity contribution in [1.29, 1.82) is 0 Å². The molecule has 56 heavy (non-hydrogen) atoms. The predicted molar refractivity (Wildman–Crippen MR) is 218 cm³/mol. The van der Waals surface area contributed by atoms with Crippen LogP contribution in [0.3, 0.4) is 0 Å². The minimum absolute atomic E-state index is 0.00492. The van der Waals surface area contributed by atoms with Crippen LogP contribution >= 0.6 is 11.6 Å². The number of rotatable bonds is 3. The third-order valence-corrected chi connectivity index (χ3v) is 15.1. The van der Waals surface area contributed by atoms with E-state index in [-0.39, 0.29) is 23.2 Å². The van der Waals surface area contributed by atoms with Gasteiger partial charge in [-0.3, -0.25) is 19.0 Å². The summed E-state index contributed by atoms with van der Waals surface area (Å²) in [5, 5.41) is 5.15. The van der Waals surface area contributed by atoms with E-state index in [2.05, 4.69) is 43.4 Å². The van der Waals surface area contributed by atoms with Crippen molar-refractivity contribution in [2.24, 2.45) is 29.2 Å². The number of allylic oxidation sites excluding steroid dienone is 1. The summed E-state index contributed by atoms with van der Waals surface area (Å²) in [5.74, 6) is 0.101. The largest absolute Gasteiger partial charge is 0.490 e. The number of amides is 2. The highest BCUT2D eigenvalue weighted by Gasteiger charge is 2.44. The zero-order valence-corrected chi connectivity index (χ0v) is 33.8. The number of hydrogen-bond donors (Lipinski definition) is 1. The molecule has 5 aliphatic rings. The molecule has 0 radical (unpaired) electrons. The fraction of sp³-hybridized carbons (Fsp3) is 0.465. The molecule has 3 aliphatic heterocycles. The number of benzene rings is 2. The molecule has 5 heterocycles. The van der Waals surface area contributed by atoms with Gasteiger partial charge in [-0.2, -0.15) is 5.10 Å². The number of hydrogen-bond acceptors (Lipinski definition) is 7. The Morgan fingerprint density at radius 1 is 1.14 bits per heavy atom. The zero-order valence-electron chi connectivity index (χ0n) is 32.2. The van der Waals surface area contributed by atoms with Crippen LogP contribution in [0, 0.1) is 17.8 Å². The summed E-state index contributed by atoms with van der Waals surface area (Å²) >= 11 is 6.48. The maximum Gasteiger partial charge on any atom is 0.286 e. The Hall–Kier alpha value is -4.39. The Bertz CT molecular complexity index is 2380. The van der Waals surface area contributed by atoms with Crippen LogP contribution in [-0.4, -0.2) is 69.0 Å². The third-order valence-electron chi connectivity index (χ3n) is 12.9. The van der Waals surface area contributed by atoms with Crippen molar-refractivity contribution in [2.45, 2.75) is 69.9 Å². The molecule has 2 aliphatic carbocycles. The van der Waals surface area contributed by atoms with Gasteiger partial charge in [-0.15, -0.1) is 4.36 Å². The van der Waals surface area contributed by atoms with Crippen LogP contribution in [0.4, 0.5) is 5.69 Å². The average molecular weight is 797 g/mol. The maximum absolute atomic E-state index is 14.9. The number of ether oxygens (including phenoxy) is 2. The highest BCUT2D eigenvalue weighted by Crippen LogP contribution is 2.47. The number of methoxy groups -OCH3 is 1. The lowest BCUT2D eigenvalue weighted by Gasteiger charge is -2.46. The van der Waals surface area contributed by atoms with Gasteiger partial charge in [-0.05, 0) is 104 Å². The van der Waals surface area contributed by atoms with Crippen LogP contribution in [0.25, 0.3) is 11.3 Å². The monoisotopic (exact) mass is 796 g/mol. The Morgan fingerprint density at radius 3 is 2.84 bits per heavy atom. The Labute approximate surface area is 333 Å². The van der Waals surface area contributed by atoms with Gasteiger partial charge in [-0.25, -0.2) is 4.21 Å². The first-order valence-corrected chi connectivity index (χ1v) is 21.9. The number of nitrogens with one attached hydrogen (secondary N) is 1. The van der Waals surface area contributed by atoms with E-state index in [0.717, 1.165) is 72.7 Å². The molecule has 4 aromatic rings. The Kier molecular flexibility index (Phi) is 9.65. The third kappa shape index (κ3) is 6.77. The number of anilines is 1. The number of carbonyl (C=O) groups excluding carboxylic acids is 2. The van der Waals surface area contributed by atoms with Crippen LogP contribution in [-0.2, 0) is 46.5 Å². The lowest BCUT2D eigenvalue weighted by atomic mass is 9.68. The minimum atomic E-state index is -3.57. The van der Waals surface area contributed by atoms with Crippen LogP contribution in [0.5, 0.6) is 5.75 Å². The summed E-state index contributed by atoms with van der Waals surface area (Å²) in [6.45, 7) is 4.66. The smallest absolute Gasteiger partial charge is 0.286 e. The van der Waals surface area contributed by atoms with Crippen molar-refractivity contribution in [3.63, 3.8) is 0 Å². The molecule has 2 aromatic heterocycles. The summed E-state index contributed by atoms with van der Waals surface area (Å²) in [7, 11) is 0.118. The molecule has 2 aromatic carbocycles. The van der Waals surface area contributed by atoms with Crippen molar-refractivity contribution in [2.75, 3.05) is 37.5 Å². The summed E-state index contributed by atoms with van der Waals surface area (Å²) in [6.07, 6.45) is 14.3. The van der Waals surface area contributed by atoms with Crippen molar-refractivity contribution in [3.05, 3.63) is 100.0 Å². The van der Waals surface area contributed by atoms with Crippen LogP contribution in [0.1, 0.15) is 76.6 Å². The molecule has 2 bridgehead atoms. The van der Waals surface area contributed by atoms with E-state index < -0.39 is 21.7 Å². The molecule has 11 nitrogen and oxygen atoms in total. The highest BCUT2D eigenvalue weighted by molar-refractivity contribution is 7.92. The fourth-order valence-corrected chi connectivity index (χ4v) is 11.9. The van der Waals surface area contributed by atoms with Gasteiger partial charge in [0.15, 0.2) is 0 Å². The molecule has 1 spiro atoms. The summed E-state index contributed by atoms with van der Waals surface area (Å²) in [4.78, 5) is 30.5.